The van der Waals surface area contributed by atoms with Crippen molar-refractivity contribution in [2.45, 2.75) is 64.4 Å². The summed E-state index contributed by atoms with van der Waals surface area (Å²) in [6, 6.07) is 4.46. The molecule has 1 aromatic carbocycles. The molecule has 0 fully saturated rings. The lowest BCUT2D eigenvalue weighted by atomic mass is 10.0. The smallest absolute Gasteiger partial charge is 0.124 e. The average molecular weight is 331 g/mol. The van der Waals surface area contributed by atoms with Gasteiger partial charge in [-0.15, -0.1) is 0 Å². The third-order valence-electron chi connectivity index (χ3n) is 3.40. The Labute approximate surface area is 124 Å². The lowest BCUT2D eigenvalue weighted by molar-refractivity contribution is 0.162. The van der Waals surface area contributed by atoms with E-state index >= 15 is 0 Å². The van der Waals surface area contributed by atoms with E-state index in [2.05, 4.69) is 22.9 Å². The van der Waals surface area contributed by atoms with Crippen molar-refractivity contribution in [2.75, 3.05) is 0 Å². The predicted molar refractivity (Wildman–Crippen MR) is 81.7 cm³/mol. The molecule has 1 rings (SSSR count). The molecule has 0 aliphatic carbocycles. The molecule has 0 amide bonds. The summed E-state index contributed by atoms with van der Waals surface area (Å²) in [6.45, 7) is 2.22. The van der Waals surface area contributed by atoms with Crippen LogP contribution < -0.4 is 0 Å². The van der Waals surface area contributed by atoms with Crippen LogP contribution in [-0.4, -0.2) is 5.11 Å². The first-order valence-corrected chi connectivity index (χ1v) is 8.07. The van der Waals surface area contributed by atoms with Crippen LogP contribution in [0, 0.1) is 5.82 Å². The van der Waals surface area contributed by atoms with E-state index in [1.807, 2.05) is 0 Å². The Morgan fingerprint density at radius 2 is 1.74 bits per heavy atom. The van der Waals surface area contributed by atoms with Crippen molar-refractivity contribution < 1.29 is 9.50 Å². The van der Waals surface area contributed by atoms with Crippen LogP contribution in [0.2, 0.25) is 0 Å². The largest absolute Gasteiger partial charge is 0.388 e. The fourth-order valence-electron chi connectivity index (χ4n) is 2.22. The maximum Gasteiger partial charge on any atom is 0.124 e. The zero-order valence-electron chi connectivity index (χ0n) is 11.7. The SMILES string of the molecule is CCCCCCCCCC(O)c1ccc(F)cc1Br. The normalized spacial score (nSPS) is 12.6. The van der Waals surface area contributed by atoms with Gasteiger partial charge in [0.05, 0.1) is 6.10 Å². The van der Waals surface area contributed by atoms with Crippen molar-refractivity contribution in [1.29, 1.82) is 0 Å². The standard InChI is InChI=1S/C16H24BrFO/c1-2-3-4-5-6-7-8-9-16(19)14-11-10-13(18)12-15(14)17/h10-12,16,19H,2-9H2,1H3. The fraction of sp³-hybridized carbons (Fsp3) is 0.625. The summed E-state index contributed by atoms with van der Waals surface area (Å²) in [5, 5.41) is 10.1. The summed E-state index contributed by atoms with van der Waals surface area (Å²) in [5.41, 5.74) is 0.785. The molecule has 0 heterocycles. The summed E-state index contributed by atoms with van der Waals surface area (Å²) >= 11 is 3.30. The molecule has 0 aliphatic rings. The van der Waals surface area contributed by atoms with E-state index in [4.69, 9.17) is 0 Å². The van der Waals surface area contributed by atoms with E-state index in [1.165, 1.54) is 50.7 Å². The molecular weight excluding hydrogens is 307 g/mol. The van der Waals surface area contributed by atoms with Crippen LogP contribution in [0.3, 0.4) is 0 Å². The molecule has 1 atom stereocenters. The maximum atomic E-state index is 13.0. The molecule has 0 spiro atoms. The summed E-state index contributed by atoms with van der Waals surface area (Å²) < 4.78 is 13.6. The molecule has 0 aromatic heterocycles. The minimum Gasteiger partial charge on any atom is -0.388 e. The summed E-state index contributed by atoms with van der Waals surface area (Å²) in [4.78, 5) is 0. The second-order valence-corrected chi connectivity index (χ2v) is 5.95. The van der Waals surface area contributed by atoms with Gasteiger partial charge in [0.1, 0.15) is 5.82 Å². The van der Waals surface area contributed by atoms with Crippen LogP contribution >= 0.6 is 15.9 Å². The van der Waals surface area contributed by atoms with E-state index in [0.717, 1.165) is 18.4 Å². The van der Waals surface area contributed by atoms with E-state index in [-0.39, 0.29) is 5.82 Å². The molecule has 1 N–H and O–H groups in total. The van der Waals surface area contributed by atoms with Crippen LogP contribution in [0.15, 0.2) is 22.7 Å². The van der Waals surface area contributed by atoms with Gasteiger partial charge in [-0.05, 0) is 24.1 Å². The monoisotopic (exact) mass is 330 g/mol. The Balaban J connectivity index is 2.22. The quantitative estimate of drug-likeness (QED) is 0.570. The van der Waals surface area contributed by atoms with Crippen molar-refractivity contribution in [1.82, 2.24) is 0 Å². The molecule has 19 heavy (non-hydrogen) atoms. The molecule has 1 aromatic rings. The number of unbranched alkanes of at least 4 members (excludes halogenated alkanes) is 6. The molecule has 3 heteroatoms. The highest BCUT2D eigenvalue weighted by molar-refractivity contribution is 9.10. The first kappa shape index (κ1) is 16.6. The van der Waals surface area contributed by atoms with Gasteiger partial charge in [0.25, 0.3) is 0 Å². The van der Waals surface area contributed by atoms with Crippen LogP contribution in [0.25, 0.3) is 0 Å². The summed E-state index contributed by atoms with van der Waals surface area (Å²) in [6.07, 6.45) is 8.91. The first-order chi connectivity index (χ1) is 9.15. The molecule has 0 saturated heterocycles. The summed E-state index contributed by atoms with van der Waals surface area (Å²) in [7, 11) is 0. The lowest BCUT2D eigenvalue weighted by Gasteiger charge is -2.12. The van der Waals surface area contributed by atoms with E-state index < -0.39 is 6.10 Å². The Hall–Kier alpha value is -0.410. The molecular formula is C16H24BrFO. The highest BCUT2D eigenvalue weighted by Crippen LogP contribution is 2.27. The van der Waals surface area contributed by atoms with E-state index in [1.54, 1.807) is 6.07 Å². The second-order valence-electron chi connectivity index (χ2n) is 5.09. The number of rotatable bonds is 9. The molecule has 0 bridgehead atoms. The van der Waals surface area contributed by atoms with Gasteiger partial charge < -0.3 is 5.11 Å². The highest BCUT2D eigenvalue weighted by Gasteiger charge is 2.11. The number of hydrogen-bond donors (Lipinski definition) is 1. The number of hydrogen-bond acceptors (Lipinski definition) is 1. The number of halogens is 2. The van der Waals surface area contributed by atoms with Gasteiger partial charge in [-0.25, -0.2) is 4.39 Å². The number of benzene rings is 1. The van der Waals surface area contributed by atoms with Gasteiger partial charge in [0.15, 0.2) is 0 Å². The van der Waals surface area contributed by atoms with Gasteiger partial charge >= 0.3 is 0 Å². The molecule has 1 unspecified atom stereocenters. The molecule has 108 valence electrons. The van der Waals surface area contributed by atoms with Crippen LogP contribution in [0.5, 0.6) is 0 Å². The van der Waals surface area contributed by atoms with Crippen LogP contribution in [-0.2, 0) is 0 Å². The van der Waals surface area contributed by atoms with E-state index in [0.29, 0.717) is 4.47 Å². The molecule has 0 saturated carbocycles. The van der Waals surface area contributed by atoms with Gasteiger partial charge in [-0.3, -0.25) is 0 Å². The van der Waals surface area contributed by atoms with Crippen LogP contribution in [0.1, 0.15) is 70.0 Å². The van der Waals surface area contributed by atoms with E-state index in [9.17, 15) is 9.50 Å². The number of aliphatic hydroxyl groups excluding tert-OH is 1. The maximum absolute atomic E-state index is 13.0. The third kappa shape index (κ3) is 6.53. The third-order valence-corrected chi connectivity index (χ3v) is 4.09. The fourth-order valence-corrected chi connectivity index (χ4v) is 2.84. The Morgan fingerprint density at radius 3 is 2.37 bits per heavy atom. The lowest BCUT2D eigenvalue weighted by Crippen LogP contribution is -1.99. The summed E-state index contributed by atoms with van der Waals surface area (Å²) in [5.74, 6) is -0.279. The van der Waals surface area contributed by atoms with Gasteiger partial charge in [-0.2, -0.15) is 0 Å². The minimum atomic E-state index is -0.495. The Kier molecular flexibility index (Phi) is 8.31. The van der Waals surface area contributed by atoms with Gasteiger partial charge in [0, 0.05) is 4.47 Å². The van der Waals surface area contributed by atoms with Crippen LogP contribution in [0.4, 0.5) is 4.39 Å². The Bertz CT molecular complexity index is 368. The zero-order valence-corrected chi connectivity index (χ0v) is 13.3. The zero-order chi connectivity index (χ0) is 14.1. The van der Waals surface area contributed by atoms with Crippen molar-refractivity contribution in [3.05, 3.63) is 34.1 Å². The molecule has 1 nitrogen and oxygen atoms in total. The average Bonchev–Trinajstić information content (AvgIpc) is 2.37. The highest BCUT2D eigenvalue weighted by atomic mass is 79.9. The second kappa shape index (κ2) is 9.49. The van der Waals surface area contributed by atoms with Crippen molar-refractivity contribution >= 4 is 15.9 Å². The first-order valence-electron chi connectivity index (χ1n) is 7.28. The van der Waals surface area contributed by atoms with Crippen molar-refractivity contribution in [2.24, 2.45) is 0 Å². The topological polar surface area (TPSA) is 20.2 Å². The Morgan fingerprint density at radius 1 is 1.11 bits per heavy atom. The number of aliphatic hydroxyl groups is 1. The van der Waals surface area contributed by atoms with Gasteiger partial charge in [-0.1, -0.05) is 73.9 Å². The minimum absolute atomic E-state index is 0.279. The van der Waals surface area contributed by atoms with Crippen molar-refractivity contribution in [3.63, 3.8) is 0 Å². The van der Waals surface area contributed by atoms with Crippen molar-refractivity contribution in [3.8, 4) is 0 Å². The predicted octanol–water partition coefficient (Wildman–Crippen LogP) is 5.76. The molecule has 0 radical (unpaired) electrons. The molecule has 0 aliphatic heterocycles. The van der Waals surface area contributed by atoms with Gasteiger partial charge in [0.2, 0.25) is 0 Å².